The van der Waals surface area contributed by atoms with Crippen molar-refractivity contribution in [2.45, 2.75) is 26.4 Å². The molecule has 26 heavy (non-hydrogen) atoms. The Morgan fingerprint density at radius 2 is 2.27 bits per heavy atom. The molecule has 1 atom stereocenters. The lowest BCUT2D eigenvalue weighted by Gasteiger charge is -2.12. The van der Waals surface area contributed by atoms with Crippen LogP contribution in [0.2, 0.25) is 5.15 Å². The van der Waals surface area contributed by atoms with Crippen LogP contribution < -0.4 is 15.8 Å². The van der Waals surface area contributed by atoms with Gasteiger partial charge in [-0.1, -0.05) is 11.6 Å². The standard InChI is InChI=1S/C14H16ClN7O4/c1-3-22-7-4-8(25-5-6(2)17-14(23)24)18-11(15)9(7)19-13(22)10-12(16)21-26-20-10/h4,6,17H,3,5H2,1-2H3,(H2,16,21)(H,23,24)/t6-/m0/s1. The summed E-state index contributed by atoms with van der Waals surface area (Å²) in [6, 6.07) is 1.25. The van der Waals surface area contributed by atoms with Crippen molar-refractivity contribution in [1.82, 2.24) is 30.2 Å². The van der Waals surface area contributed by atoms with Crippen LogP contribution in [0.1, 0.15) is 13.8 Å². The van der Waals surface area contributed by atoms with E-state index < -0.39 is 12.1 Å². The van der Waals surface area contributed by atoms with Gasteiger partial charge in [-0.2, -0.15) is 4.98 Å². The van der Waals surface area contributed by atoms with Crippen molar-refractivity contribution >= 4 is 34.5 Å². The third kappa shape index (κ3) is 3.33. The van der Waals surface area contributed by atoms with E-state index in [4.69, 9.17) is 27.2 Å². The molecule has 1 amide bonds. The number of ether oxygens (including phenoxy) is 1. The Morgan fingerprint density at radius 1 is 1.50 bits per heavy atom. The number of carbonyl (C=O) groups is 1. The van der Waals surface area contributed by atoms with Crippen molar-refractivity contribution in [1.29, 1.82) is 0 Å². The number of hydrogen-bond donors (Lipinski definition) is 3. The number of nitrogens with two attached hydrogens (primary N) is 1. The molecule has 0 spiro atoms. The van der Waals surface area contributed by atoms with E-state index in [1.165, 1.54) is 0 Å². The highest BCUT2D eigenvalue weighted by molar-refractivity contribution is 6.33. The fourth-order valence-electron chi connectivity index (χ4n) is 2.45. The van der Waals surface area contributed by atoms with Gasteiger partial charge in [0.1, 0.15) is 12.1 Å². The average molecular weight is 382 g/mol. The molecule has 0 unspecified atom stereocenters. The van der Waals surface area contributed by atoms with Gasteiger partial charge in [-0.05, 0) is 24.2 Å². The minimum atomic E-state index is -1.13. The maximum absolute atomic E-state index is 10.6. The summed E-state index contributed by atoms with van der Waals surface area (Å²) in [5.74, 6) is 0.807. The van der Waals surface area contributed by atoms with Crippen molar-refractivity contribution in [2.75, 3.05) is 12.3 Å². The van der Waals surface area contributed by atoms with Crippen molar-refractivity contribution in [3.63, 3.8) is 0 Å². The highest BCUT2D eigenvalue weighted by atomic mass is 35.5. The number of amides is 1. The molecule has 11 nitrogen and oxygen atoms in total. The highest BCUT2D eigenvalue weighted by Gasteiger charge is 2.21. The van der Waals surface area contributed by atoms with E-state index in [1.807, 2.05) is 11.5 Å². The quantitative estimate of drug-likeness (QED) is 0.541. The summed E-state index contributed by atoms with van der Waals surface area (Å²) in [5, 5.41) is 18.5. The molecule has 12 heteroatoms. The number of carboxylic acid groups (broad SMARTS) is 1. The van der Waals surface area contributed by atoms with Gasteiger partial charge in [0.15, 0.2) is 22.5 Å². The van der Waals surface area contributed by atoms with Gasteiger partial charge in [-0.15, -0.1) is 0 Å². The molecule has 0 aliphatic carbocycles. The topological polar surface area (TPSA) is 154 Å². The van der Waals surface area contributed by atoms with Crippen LogP contribution in [0, 0.1) is 0 Å². The first kappa shape index (κ1) is 17.7. The predicted molar refractivity (Wildman–Crippen MR) is 92.0 cm³/mol. The largest absolute Gasteiger partial charge is 0.475 e. The minimum absolute atomic E-state index is 0.0917. The predicted octanol–water partition coefficient (Wildman–Crippen LogP) is 1.77. The zero-order valence-corrected chi connectivity index (χ0v) is 14.7. The molecule has 138 valence electrons. The number of aromatic nitrogens is 5. The summed E-state index contributed by atoms with van der Waals surface area (Å²) < 4.78 is 12.0. The summed E-state index contributed by atoms with van der Waals surface area (Å²) in [7, 11) is 0. The summed E-state index contributed by atoms with van der Waals surface area (Å²) in [6.45, 7) is 4.23. The van der Waals surface area contributed by atoms with E-state index in [9.17, 15) is 4.79 Å². The van der Waals surface area contributed by atoms with Crippen LogP contribution >= 0.6 is 11.6 Å². The number of nitrogen functional groups attached to an aromatic ring is 1. The summed E-state index contributed by atoms with van der Waals surface area (Å²) in [5.41, 5.74) is 7.18. The van der Waals surface area contributed by atoms with Gasteiger partial charge in [0.05, 0.1) is 11.6 Å². The van der Waals surface area contributed by atoms with Gasteiger partial charge < -0.3 is 25.5 Å². The van der Waals surface area contributed by atoms with Crippen molar-refractivity contribution < 1.29 is 19.3 Å². The molecule has 3 rings (SSSR count). The second-order valence-corrected chi connectivity index (χ2v) is 5.82. The number of nitrogens with zero attached hydrogens (tertiary/aromatic N) is 5. The Hall–Kier alpha value is -3.08. The van der Waals surface area contributed by atoms with Crippen LogP contribution in [0.3, 0.4) is 0 Å². The SMILES string of the molecule is CCn1c(-c2nonc2N)nc2c(Cl)nc(OC[C@H](C)NC(=O)O)cc21. The zero-order valence-electron chi connectivity index (χ0n) is 13.9. The van der Waals surface area contributed by atoms with E-state index in [-0.39, 0.29) is 23.5 Å². The first-order chi connectivity index (χ1) is 12.4. The highest BCUT2D eigenvalue weighted by Crippen LogP contribution is 2.31. The van der Waals surface area contributed by atoms with Crippen LogP contribution in [0.15, 0.2) is 10.7 Å². The molecule has 0 aliphatic rings. The first-order valence-electron chi connectivity index (χ1n) is 7.68. The lowest BCUT2D eigenvalue weighted by molar-refractivity contribution is 0.182. The Morgan fingerprint density at radius 3 is 2.88 bits per heavy atom. The number of aryl methyl sites for hydroxylation is 1. The maximum Gasteiger partial charge on any atom is 0.404 e. The van der Waals surface area contributed by atoms with E-state index in [2.05, 4.69) is 30.2 Å². The van der Waals surface area contributed by atoms with E-state index in [0.717, 1.165) is 0 Å². The second kappa shape index (κ2) is 7.04. The number of imidazole rings is 1. The molecule has 3 aromatic heterocycles. The molecular weight excluding hydrogens is 366 g/mol. The summed E-state index contributed by atoms with van der Waals surface area (Å²) in [4.78, 5) is 19.2. The smallest absolute Gasteiger partial charge is 0.404 e. The molecular formula is C14H16ClN7O4. The molecule has 0 bridgehead atoms. The fourth-order valence-corrected chi connectivity index (χ4v) is 2.67. The second-order valence-electron chi connectivity index (χ2n) is 5.46. The third-order valence-corrected chi connectivity index (χ3v) is 3.83. The van der Waals surface area contributed by atoms with Gasteiger partial charge in [-0.25, -0.2) is 14.4 Å². The molecule has 3 heterocycles. The number of rotatable bonds is 6. The third-order valence-electron chi connectivity index (χ3n) is 3.56. The van der Waals surface area contributed by atoms with Crippen molar-refractivity contribution in [3.05, 3.63) is 11.2 Å². The van der Waals surface area contributed by atoms with E-state index in [1.54, 1.807) is 13.0 Å². The molecule has 3 aromatic rings. The van der Waals surface area contributed by atoms with Crippen LogP contribution in [0.5, 0.6) is 5.88 Å². The number of nitrogens with one attached hydrogen (secondary N) is 1. The van der Waals surface area contributed by atoms with Crippen LogP contribution in [-0.4, -0.2) is 48.7 Å². The molecule has 0 fully saturated rings. The molecule has 0 aliphatic heterocycles. The van der Waals surface area contributed by atoms with Gasteiger partial charge >= 0.3 is 6.09 Å². The molecule has 0 radical (unpaired) electrons. The van der Waals surface area contributed by atoms with Gasteiger partial charge in [0.25, 0.3) is 0 Å². The Bertz CT molecular complexity index is 954. The fraction of sp³-hybridized carbons (Fsp3) is 0.357. The van der Waals surface area contributed by atoms with Gasteiger partial charge in [0, 0.05) is 12.6 Å². The number of hydrogen-bond acceptors (Lipinski definition) is 8. The van der Waals surface area contributed by atoms with Crippen molar-refractivity contribution in [2.24, 2.45) is 0 Å². The number of fused-ring (bicyclic) bond motifs is 1. The lowest BCUT2D eigenvalue weighted by Crippen LogP contribution is -2.35. The van der Waals surface area contributed by atoms with Crippen molar-refractivity contribution in [3.8, 4) is 17.4 Å². The molecule has 4 N–H and O–H groups in total. The summed E-state index contributed by atoms with van der Waals surface area (Å²) in [6.07, 6.45) is -1.13. The average Bonchev–Trinajstić information content (AvgIpc) is 3.15. The Labute approximate surface area is 152 Å². The summed E-state index contributed by atoms with van der Waals surface area (Å²) >= 11 is 6.24. The zero-order chi connectivity index (χ0) is 18.8. The monoisotopic (exact) mass is 381 g/mol. The Balaban J connectivity index is 1.97. The number of halogens is 1. The molecule has 0 saturated carbocycles. The first-order valence-corrected chi connectivity index (χ1v) is 8.06. The number of pyridine rings is 1. The van der Waals surface area contributed by atoms with Crippen LogP contribution in [-0.2, 0) is 6.54 Å². The minimum Gasteiger partial charge on any atom is -0.475 e. The number of anilines is 1. The lowest BCUT2D eigenvalue weighted by atomic mass is 10.3. The van der Waals surface area contributed by atoms with Crippen LogP contribution in [0.25, 0.3) is 22.6 Å². The van der Waals surface area contributed by atoms with E-state index >= 15 is 0 Å². The maximum atomic E-state index is 10.6. The van der Waals surface area contributed by atoms with E-state index in [0.29, 0.717) is 29.1 Å². The molecule has 0 aromatic carbocycles. The normalized spacial score (nSPS) is 12.3. The Kier molecular flexibility index (Phi) is 4.80. The van der Waals surface area contributed by atoms with Crippen LogP contribution in [0.4, 0.5) is 10.6 Å². The van der Waals surface area contributed by atoms with Gasteiger partial charge in [0.2, 0.25) is 5.88 Å². The molecule has 0 saturated heterocycles. The van der Waals surface area contributed by atoms with Gasteiger partial charge in [-0.3, -0.25) is 0 Å².